The van der Waals surface area contributed by atoms with Gasteiger partial charge in [0.05, 0.1) is 12.1 Å². The first kappa shape index (κ1) is 17.4. The molecular weight excluding hydrogens is 314 g/mol. The molecule has 1 unspecified atom stereocenters. The molecule has 1 atom stereocenters. The molecule has 4 N–H and O–H groups in total. The monoisotopic (exact) mass is 333 g/mol. The zero-order valence-corrected chi connectivity index (χ0v) is 13.4. The summed E-state index contributed by atoms with van der Waals surface area (Å²) in [6.45, 7) is 3.83. The molecule has 2 rings (SSSR count). The van der Waals surface area contributed by atoms with Gasteiger partial charge in [-0.2, -0.15) is 5.10 Å². The number of amides is 2. The van der Waals surface area contributed by atoms with Crippen LogP contribution in [0.15, 0.2) is 18.5 Å². The van der Waals surface area contributed by atoms with Crippen LogP contribution in [0, 0.1) is 11.8 Å². The SMILES string of the molecule is CC(C)CC(CNC(=O)c1ccnc2c(C(N)=O)cnn12)C(=O)O. The Morgan fingerprint density at radius 3 is 2.67 bits per heavy atom. The minimum atomic E-state index is -0.959. The fourth-order valence-electron chi connectivity index (χ4n) is 2.38. The number of rotatable bonds is 7. The Hall–Kier alpha value is -2.97. The Bertz CT molecular complexity index is 783. The summed E-state index contributed by atoms with van der Waals surface area (Å²) < 4.78 is 1.20. The van der Waals surface area contributed by atoms with E-state index in [-0.39, 0.29) is 29.4 Å². The number of primary amides is 1. The molecule has 9 heteroatoms. The highest BCUT2D eigenvalue weighted by molar-refractivity contribution is 5.99. The highest BCUT2D eigenvalue weighted by Crippen LogP contribution is 2.12. The van der Waals surface area contributed by atoms with Crippen molar-refractivity contribution < 1.29 is 19.5 Å². The molecule has 0 fully saturated rings. The van der Waals surface area contributed by atoms with E-state index in [1.54, 1.807) is 0 Å². The van der Waals surface area contributed by atoms with E-state index in [4.69, 9.17) is 5.73 Å². The fourth-order valence-corrected chi connectivity index (χ4v) is 2.38. The number of nitrogens with two attached hydrogens (primary N) is 1. The van der Waals surface area contributed by atoms with Gasteiger partial charge in [-0.05, 0) is 18.4 Å². The van der Waals surface area contributed by atoms with Crippen molar-refractivity contribution in [1.82, 2.24) is 19.9 Å². The number of nitrogens with one attached hydrogen (secondary N) is 1. The predicted molar refractivity (Wildman–Crippen MR) is 84.4 cm³/mol. The third-order valence-electron chi connectivity index (χ3n) is 3.51. The van der Waals surface area contributed by atoms with Crippen molar-refractivity contribution in [2.24, 2.45) is 17.6 Å². The molecule has 0 bridgehead atoms. The van der Waals surface area contributed by atoms with E-state index < -0.39 is 23.7 Å². The zero-order valence-electron chi connectivity index (χ0n) is 13.4. The Morgan fingerprint density at radius 1 is 1.38 bits per heavy atom. The molecule has 0 aliphatic carbocycles. The largest absolute Gasteiger partial charge is 0.481 e. The predicted octanol–water partition coefficient (Wildman–Crippen LogP) is 0.305. The van der Waals surface area contributed by atoms with Crippen molar-refractivity contribution in [2.75, 3.05) is 6.54 Å². The normalized spacial score (nSPS) is 12.3. The summed E-state index contributed by atoms with van der Waals surface area (Å²) in [5.41, 5.74) is 5.65. The van der Waals surface area contributed by atoms with Gasteiger partial charge >= 0.3 is 5.97 Å². The third kappa shape index (κ3) is 3.67. The van der Waals surface area contributed by atoms with E-state index in [0.717, 1.165) is 0 Å². The topological polar surface area (TPSA) is 140 Å². The Balaban J connectivity index is 2.19. The highest BCUT2D eigenvalue weighted by atomic mass is 16.4. The van der Waals surface area contributed by atoms with Gasteiger partial charge in [-0.25, -0.2) is 9.50 Å². The van der Waals surface area contributed by atoms with E-state index in [1.165, 1.54) is 23.0 Å². The van der Waals surface area contributed by atoms with Crippen molar-refractivity contribution in [1.29, 1.82) is 0 Å². The number of nitrogens with zero attached hydrogens (tertiary/aromatic N) is 3. The lowest BCUT2D eigenvalue weighted by Gasteiger charge is -2.15. The molecule has 0 spiro atoms. The number of carbonyl (C=O) groups is 3. The summed E-state index contributed by atoms with van der Waals surface area (Å²) in [4.78, 5) is 38.9. The second-order valence-electron chi connectivity index (χ2n) is 5.86. The zero-order chi connectivity index (χ0) is 17.9. The molecule has 2 heterocycles. The van der Waals surface area contributed by atoms with Gasteiger partial charge in [-0.1, -0.05) is 13.8 Å². The summed E-state index contributed by atoms with van der Waals surface area (Å²) in [6, 6.07) is 1.43. The van der Waals surface area contributed by atoms with Crippen LogP contribution in [0.2, 0.25) is 0 Å². The maximum Gasteiger partial charge on any atom is 0.308 e. The van der Waals surface area contributed by atoms with E-state index in [1.807, 2.05) is 13.8 Å². The van der Waals surface area contributed by atoms with Crippen LogP contribution in [0.25, 0.3) is 5.65 Å². The molecule has 0 aliphatic rings. The summed E-state index contributed by atoms with van der Waals surface area (Å²) >= 11 is 0. The van der Waals surface area contributed by atoms with Crippen molar-refractivity contribution >= 4 is 23.4 Å². The second-order valence-corrected chi connectivity index (χ2v) is 5.86. The summed E-state index contributed by atoms with van der Waals surface area (Å²) in [6.07, 6.45) is 3.05. The molecule has 2 amide bonds. The van der Waals surface area contributed by atoms with Crippen LogP contribution in [0.5, 0.6) is 0 Å². The van der Waals surface area contributed by atoms with Gasteiger partial charge in [-0.3, -0.25) is 14.4 Å². The molecule has 24 heavy (non-hydrogen) atoms. The number of fused-ring (bicyclic) bond motifs is 1. The van der Waals surface area contributed by atoms with Crippen molar-refractivity contribution in [2.45, 2.75) is 20.3 Å². The van der Waals surface area contributed by atoms with E-state index >= 15 is 0 Å². The maximum atomic E-state index is 12.3. The third-order valence-corrected chi connectivity index (χ3v) is 3.51. The van der Waals surface area contributed by atoms with Gasteiger partial charge in [0.1, 0.15) is 11.3 Å². The van der Waals surface area contributed by atoms with Gasteiger partial charge in [0.15, 0.2) is 5.65 Å². The van der Waals surface area contributed by atoms with Crippen LogP contribution in [0.3, 0.4) is 0 Å². The number of hydrogen-bond acceptors (Lipinski definition) is 5. The highest BCUT2D eigenvalue weighted by Gasteiger charge is 2.21. The quantitative estimate of drug-likeness (QED) is 0.666. The van der Waals surface area contributed by atoms with Crippen molar-refractivity contribution in [3.63, 3.8) is 0 Å². The van der Waals surface area contributed by atoms with Crippen molar-refractivity contribution in [3.05, 3.63) is 29.7 Å². The lowest BCUT2D eigenvalue weighted by molar-refractivity contribution is -0.142. The van der Waals surface area contributed by atoms with E-state index in [9.17, 15) is 19.5 Å². The number of carbonyl (C=O) groups excluding carboxylic acids is 2. The van der Waals surface area contributed by atoms with Crippen molar-refractivity contribution in [3.8, 4) is 0 Å². The lowest BCUT2D eigenvalue weighted by atomic mass is 9.97. The summed E-state index contributed by atoms with van der Waals surface area (Å²) in [5, 5.41) is 15.8. The second kappa shape index (κ2) is 7.07. The number of carboxylic acid groups (broad SMARTS) is 1. The molecule has 0 aromatic carbocycles. The average Bonchev–Trinajstić information content (AvgIpc) is 2.94. The van der Waals surface area contributed by atoms with Crippen LogP contribution < -0.4 is 11.1 Å². The average molecular weight is 333 g/mol. The van der Waals surface area contributed by atoms with Crippen LogP contribution in [-0.4, -0.2) is 44.0 Å². The first-order chi connectivity index (χ1) is 11.3. The molecule has 0 saturated carbocycles. The van der Waals surface area contributed by atoms with E-state index in [2.05, 4.69) is 15.4 Å². The molecule has 0 aliphatic heterocycles. The smallest absolute Gasteiger partial charge is 0.308 e. The van der Waals surface area contributed by atoms with Gasteiger partial charge in [0, 0.05) is 12.7 Å². The molecule has 0 saturated heterocycles. The van der Waals surface area contributed by atoms with Gasteiger partial charge < -0.3 is 16.2 Å². The minimum absolute atomic E-state index is 0.000107. The first-order valence-electron chi connectivity index (χ1n) is 7.44. The summed E-state index contributed by atoms with van der Waals surface area (Å²) in [5.74, 6) is -2.64. The van der Waals surface area contributed by atoms with Crippen LogP contribution in [-0.2, 0) is 4.79 Å². The Kier molecular flexibility index (Phi) is 5.12. The molecule has 2 aromatic heterocycles. The molecule has 0 radical (unpaired) electrons. The van der Waals surface area contributed by atoms with Gasteiger partial charge in [-0.15, -0.1) is 0 Å². The molecule has 128 valence electrons. The van der Waals surface area contributed by atoms with Crippen LogP contribution >= 0.6 is 0 Å². The number of aliphatic carboxylic acids is 1. The maximum absolute atomic E-state index is 12.3. The van der Waals surface area contributed by atoms with Crippen LogP contribution in [0.1, 0.15) is 41.1 Å². The fraction of sp³-hybridized carbons (Fsp3) is 0.400. The number of aromatic nitrogens is 3. The molecule has 2 aromatic rings. The Morgan fingerprint density at radius 2 is 2.08 bits per heavy atom. The number of hydrogen-bond donors (Lipinski definition) is 3. The number of carboxylic acids is 1. The summed E-state index contributed by atoms with van der Waals surface area (Å²) in [7, 11) is 0. The first-order valence-corrected chi connectivity index (χ1v) is 7.44. The van der Waals surface area contributed by atoms with Crippen LogP contribution in [0.4, 0.5) is 0 Å². The molecular formula is C15H19N5O4. The Labute approximate surface area is 137 Å². The lowest BCUT2D eigenvalue weighted by Crippen LogP contribution is -2.34. The standard InChI is InChI=1S/C15H19N5O4/c1-8(2)5-9(15(23)24)6-18-14(22)11-3-4-17-13-10(12(16)21)7-19-20(11)13/h3-4,7-9H,5-6H2,1-2H3,(H2,16,21)(H,18,22)(H,23,24). The van der Waals surface area contributed by atoms with E-state index in [0.29, 0.717) is 6.42 Å². The van der Waals surface area contributed by atoms with Gasteiger partial charge in [0.25, 0.3) is 11.8 Å². The minimum Gasteiger partial charge on any atom is -0.481 e. The van der Waals surface area contributed by atoms with Gasteiger partial charge in [0.2, 0.25) is 0 Å². The molecule has 9 nitrogen and oxygen atoms in total.